The van der Waals surface area contributed by atoms with Gasteiger partial charge < -0.3 is 20.8 Å². The number of hydrogen-bond acceptors (Lipinski definition) is 5. The Balaban J connectivity index is 2.24. The molecule has 4 N–H and O–H groups in total. The summed E-state index contributed by atoms with van der Waals surface area (Å²) in [6, 6.07) is 7.06. The number of nitrogen functional groups attached to an aromatic ring is 1. The molecule has 1 aromatic heterocycles. The third kappa shape index (κ3) is 3.59. The fourth-order valence-corrected chi connectivity index (χ4v) is 1.95. The van der Waals surface area contributed by atoms with Gasteiger partial charge in [0.1, 0.15) is 6.54 Å². The molecule has 0 atom stereocenters. The number of aryl methyl sites for hydroxylation is 1. The highest BCUT2D eigenvalue weighted by molar-refractivity contribution is 5.94. The van der Waals surface area contributed by atoms with Crippen molar-refractivity contribution in [2.75, 3.05) is 12.3 Å². The second kappa shape index (κ2) is 6.08. The van der Waals surface area contributed by atoms with E-state index >= 15 is 0 Å². The van der Waals surface area contributed by atoms with Crippen molar-refractivity contribution in [3.8, 4) is 0 Å². The molecule has 2 aromatic rings. The van der Waals surface area contributed by atoms with E-state index in [1.165, 1.54) is 11.3 Å². The minimum atomic E-state index is -0.607. The number of oxazole rings is 1. The Morgan fingerprint density at radius 1 is 1.38 bits per heavy atom. The van der Waals surface area contributed by atoms with Crippen LogP contribution < -0.4 is 11.5 Å². The molecule has 0 spiro atoms. The number of amides is 2. The number of nitrogens with two attached hydrogens (primary N) is 2. The normalized spacial score (nSPS) is 10.3. The second-order valence-electron chi connectivity index (χ2n) is 4.64. The van der Waals surface area contributed by atoms with Crippen molar-refractivity contribution >= 4 is 17.5 Å². The molecule has 0 radical (unpaired) electrons. The predicted octanol–water partition coefficient (Wildman–Crippen LogP) is 0.693. The fraction of sp³-hybridized carbons (Fsp3) is 0.214. The van der Waals surface area contributed by atoms with Gasteiger partial charge in [-0.2, -0.15) is 0 Å². The third-order valence-electron chi connectivity index (χ3n) is 2.90. The van der Waals surface area contributed by atoms with Gasteiger partial charge in [0, 0.05) is 12.2 Å². The van der Waals surface area contributed by atoms with Crippen molar-refractivity contribution < 1.29 is 14.0 Å². The number of nitrogens with zero attached hydrogens (tertiary/aromatic N) is 2. The largest absolute Gasteiger partial charge is 0.438 e. The highest BCUT2D eigenvalue weighted by atomic mass is 16.3. The molecular weight excluding hydrogens is 272 g/mol. The SMILES string of the molecule is Cc1ncoc1C(=O)N(CC(N)=O)Cc1cccc(N)c1. The molecule has 0 saturated carbocycles. The number of benzene rings is 1. The van der Waals surface area contributed by atoms with Crippen molar-refractivity contribution in [3.63, 3.8) is 0 Å². The van der Waals surface area contributed by atoms with E-state index in [-0.39, 0.29) is 18.8 Å². The van der Waals surface area contributed by atoms with Crippen molar-refractivity contribution in [1.82, 2.24) is 9.88 Å². The van der Waals surface area contributed by atoms with Crippen LogP contribution in [0.1, 0.15) is 21.8 Å². The monoisotopic (exact) mass is 288 g/mol. The van der Waals surface area contributed by atoms with Crippen LogP contribution in [0.3, 0.4) is 0 Å². The van der Waals surface area contributed by atoms with Crippen LogP contribution in [-0.2, 0) is 11.3 Å². The van der Waals surface area contributed by atoms with Gasteiger partial charge in [-0.05, 0) is 24.6 Å². The lowest BCUT2D eigenvalue weighted by Crippen LogP contribution is -2.38. The molecule has 2 rings (SSSR count). The number of rotatable bonds is 5. The third-order valence-corrected chi connectivity index (χ3v) is 2.90. The average Bonchev–Trinajstić information content (AvgIpc) is 2.83. The number of hydrogen-bond donors (Lipinski definition) is 2. The molecule has 1 heterocycles. The number of aromatic nitrogens is 1. The van der Waals surface area contributed by atoms with Crippen LogP contribution >= 0.6 is 0 Å². The Bertz CT molecular complexity index is 666. The highest BCUT2D eigenvalue weighted by Gasteiger charge is 2.23. The van der Waals surface area contributed by atoms with Crippen molar-refractivity contribution in [1.29, 1.82) is 0 Å². The Kier molecular flexibility index (Phi) is 4.22. The smallest absolute Gasteiger partial charge is 0.292 e. The van der Waals surface area contributed by atoms with Crippen LogP contribution in [0.15, 0.2) is 35.1 Å². The predicted molar refractivity (Wildman–Crippen MR) is 76.0 cm³/mol. The number of carbonyl (C=O) groups excluding carboxylic acids is 2. The van der Waals surface area contributed by atoms with Gasteiger partial charge in [0.2, 0.25) is 11.7 Å². The van der Waals surface area contributed by atoms with Crippen molar-refractivity contribution in [2.24, 2.45) is 5.73 Å². The molecule has 2 amide bonds. The van der Waals surface area contributed by atoms with Gasteiger partial charge in [-0.25, -0.2) is 4.98 Å². The summed E-state index contributed by atoms with van der Waals surface area (Å²) in [4.78, 5) is 28.8. The molecule has 110 valence electrons. The van der Waals surface area contributed by atoms with E-state index < -0.39 is 11.8 Å². The van der Waals surface area contributed by atoms with E-state index in [0.29, 0.717) is 11.4 Å². The first-order chi connectivity index (χ1) is 9.97. The number of primary amides is 1. The van der Waals surface area contributed by atoms with Gasteiger partial charge in [0.05, 0.1) is 5.69 Å². The van der Waals surface area contributed by atoms with Crippen molar-refractivity contribution in [3.05, 3.63) is 47.7 Å². The van der Waals surface area contributed by atoms with Gasteiger partial charge >= 0.3 is 0 Å². The first-order valence-electron chi connectivity index (χ1n) is 6.29. The summed E-state index contributed by atoms with van der Waals surface area (Å²) in [6.07, 6.45) is 1.19. The lowest BCUT2D eigenvalue weighted by atomic mass is 10.2. The molecule has 7 nitrogen and oxygen atoms in total. The van der Waals surface area contributed by atoms with Gasteiger partial charge in [-0.3, -0.25) is 9.59 Å². The summed E-state index contributed by atoms with van der Waals surface area (Å²) < 4.78 is 5.07. The molecular formula is C14H16N4O3. The molecule has 0 aliphatic rings. The summed E-state index contributed by atoms with van der Waals surface area (Å²) in [5, 5.41) is 0. The zero-order chi connectivity index (χ0) is 15.4. The summed E-state index contributed by atoms with van der Waals surface area (Å²) >= 11 is 0. The first kappa shape index (κ1) is 14.6. The fourth-order valence-electron chi connectivity index (χ4n) is 1.95. The zero-order valence-corrected chi connectivity index (χ0v) is 11.6. The van der Waals surface area contributed by atoms with E-state index in [4.69, 9.17) is 15.9 Å². The minimum Gasteiger partial charge on any atom is -0.438 e. The van der Waals surface area contributed by atoms with Gasteiger partial charge in [0.15, 0.2) is 6.39 Å². The molecule has 21 heavy (non-hydrogen) atoms. The van der Waals surface area contributed by atoms with Gasteiger partial charge in [-0.1, -0.05) is 12.1 Å². The standard InChI is InChI=1S/C14H16N4O3/c1-9-13(21-8-17-9)14(20)18(7-12(16)19)6-10-3-2-4-11(15)5-10/h2-5,8H,6-7,15H2,1H3,(H2,16,19). The van der Waals surface area contributed by atoms with Crippen LogP contribution in [-0.4, -0.2) is 28.2 Å². The molecule has 0 fully saturated rings. The molecule has 0 unspecified atom stereocenters. The van der Waals surface area contributed by atoms with Crippen LogP contribution in [0, 0.1) is 6.92 Å². The van der Waals surface area contributed by atoms with E-state index in [2.05, 4.69) is 4.98 Å². The molecule has 0 aliphatic carbocycles. The molecule has 0 saturated heterocycles. The van der Waals surface area contributed by atoms with Crippen molar-refractivity contribution in [2.45, 2.75) is 13.5 Å². The maximum absolute atomic E-state index is 12.4. The Labute approximate surface area is 121 Å². The maximum Gasteiger partial charge on any atom is 0.292 e. The lowest BCUT2D eigenvalue weighted by Gasteiger charge is -2.20. The van der Waals surface area contributed by atoms with Gasteiger partial charge in [0.25, 0.3) is 5.91 Å². The summed E-state index contributed by atoms with van der Waals surface area (Å²) in [7, 11) is 0. The molecule has 1 aromatic carbocycles. The molecule has 0 aliphatic heterocycles. The summed E-state index contributed by atoms with van der Waals surface area (Å²) in [5.41, 5.74) is 12.7. The maximum atomic E-state index is 12.4. The zero-order valence-electron chi connectivity index (χ0n) is 11.6. The molecule has 0 bridgehead atoms. The quantitative estimate of drug-likeness (QED) is 0.785. The van der Waals surface area contributed by atoms with Crippen LogP contribution in [0.4, 0.5) is 5.69 Å². The Hall–Kier alpha value is -2.83. The average molecular weight is 288 g/mol. The van der Waals surface area contributed by atoms with E-state index in [1.54, 1.807) is 25.1 Å². The second-order valence-corrected chi connectivity index (χ2v) is 4.64. The van der Waals surface area contributed by atoms with Gasteiger partial charge in [-0.15, -0.1) is 0 Å². The van der Waals surface area contributed by atoms with E-state index in [0.717, 1.165) is 5.56 Å². The topological polar surface area (TPSA) is 115 Å². The summed E-state index contributed by atoms with van der Waals surface area (Å²) in [5.74, 6) is -0.948. The first-order valence-corrected chi connectivity index (χ1v) is 6.29. The lowest BCUT2D eigenvalue weighted by molar-refractivity contribution is -0.118. The summed E-state index contributed by atoms with van der Waals surface area (Å²) in [6.45, 7) is 1.64. The molecule has 7 heteroatoms. The van der Waals surface area contributed by atoms with E-state index in [9.17, 15) is 9.59 Å². The number of carbonyl (C=O) groups is 2. The van der Waals surface area contributed by atoms with E-state index in [1.807, 2.05) is 6.07 Å². The minimum absolute atomic E-state index is 0.0974. The Morgan fingerprint density at radius 2 is 2.14 bits per heavy atom. The van der Waals surface area contributed by atoms with Crippen LogP contribution in [0.5, 0.6) is 0 Å². The van der Waals surface area contributed by atoms with Crippen LogP contribution in [0.2, 0.25) is 0 Å². The number of anilines is 1. The highest BCUT2D eigenvalue weighted by Crippen LogP contribution is 2.14. The Morgan fingerprint density at radius 3 is 2.71 bits per heavy atom. The van der Waals surface area contributed by atoms with Crippen LogP contribution in [0.25, 0.3) is 0 Å².